The summed E-state index contributed by atoms with van der Waals surface area (Å²) < 4.78 is 11.3. The van der Waals surface area contributed by atoms with Gasteiger partial charge in [0, 0.05) is 13.1 Å². The quantitative estimate of drug-likeness (QED) is 0.849. The Morgan fingerprint density at radius 1 is 1.08 bits per heavy atom. The Hall–Kier alpha value is -2.84. The lowest BCUT2D eigenvalue weighted by Gasteiger charge is -2.35. The summed E-state index contributed by atoms with van der Waals surface area (Å²) >= 11 is 0. The number of amides is 1. The van der Waals surface area contributed by atoms with E-state index < -0.39 is 0 Å². The molecule has 1 fully saturated rings. The van der Waals surface area contributed by atoms with Gasteiger partial charge < -0.3 is 14.4 Å². The highest BCUT2D eigenvalue weighted by Crippen LogP contribution is 2.23. The molecule has 1 aliphatic heterocycles. The van der Waals surface area contributed by atoms with Crippen molar-refractivity contribution in [2.75, 3.05) is 19.7 Å². The van der Waals surface area contributed by atoms with Crippen LogP contribution >= 0.6 is 0 Å². The zero-order valence-corrected chi connectivity index (χ0v) is 15.0. The van der Waals surface area contributed by atoms with Crippen molar-refractivity contribution in [3.63, 3.8) is 0 Å². The van der Waals surface area contributed by atoms with Crippen LogP contribution in [0, 0.1) is 11.3 Å². The molecule has 0 N–H and O–H groups in total. The Morgan fingerprint density at radius 2 is 1.62 bits per heavy atom. The summed E-state index contributed by atoms with van der Waals surface area (Å²) in [6.07, 6.45) is 0.101. The third-order valence-electron chi connectivity index (χ3n) is 4.34. The molecule has 0 spiro atoms. The number of hydrogen-bond donors (Lipinski definition) is 0. The van der Waals surface area contributed by atoms with E-state index in [4.69, 9.17) is 14.7 Å². The minimum atomic E-state index is -0.0248. The summed E-state index contributed by atoms with van der Waals surface area (Å²) in [5.74, 6) is 0.633. The Morgan fingerprint density at radius 3 is 2.15 bits per heavy atom. The van der Waals surface area contributed by atoms with Crippen LogP contribution in [0.5, 0.6) is 5.75 Å². The van der Waals surface area contributed by atoms with Crippen molar-refractivity contribution < 1.29 is 14.3 Å². The number of hydrogen-bond acceptors (Lipinski definition) is 4. The van der Waals surface area contributed by atoms with Crippen molar-refractivity contribution in [2.24, 2.45) is 0 Å². The molecule has 0 aromatic heterocycles. The highest BCUT2D eigenvalue weighted by Gasteiger charge is 2.25. The maximum Gasteiger partial charge on any atom is 0.260 e. The van der Waals surface area contributed by atoms with Crippen LogP contribution in [0.1, 0.15) is 19.4 Å². The van der Waals surface area contributed by atoms with Crippen LogP contribution in [0.2, 0.25) is 0 Å². The van der Waals surface area contributed by atoms with E-state index in [1.54, 1.807) is 17.0 Å². The molecular weight excluding hydrogens is 328 g/mol. The summed E-state index contributed by atoms with van der Waals surface area (Å²) in [7, 11) is 0. The van der Waals surface area contributed by atoms with Gasteiger partial charge in [0.05, 0.1) is 23.8 Å². The van der Waals surface area contributed by atoms with Crippen molar-refractivity contribution in [3.05, 3.63) is 54.1 Å². The lowest BCUT2D eigenvalue weighted by Crippen LogP contribution is -2.49. The molecule has 0 radical (unpaired) electrons. The second kappa shape index (κ2) is 8.03. The Kier molecular flexibility index (Phi) is 5.55. The standard InChI is InChI=1S/C21H22N2O3/c1-15-12-23(13-16(2)26-15)21(24)14-25-20-9-7-19(8-10-20)18-5-3-17(11-22)4-6-18/h3-10,15-16H,12-14H2,1-2H3/t15-,16-/m1/s1. The van der Waals surface area contributed by atoms with E-state index in [0.717, 1.165) is 11.1 Å². The van der Waals surface area contributed by atoms with Gasteiger partial charge in [0.15, 0.2) is 6.61 Å². The van der Waals surface area contributed by atoms with Crippen LogP contribution in [-0.2, 0) is 9.53 Å². The van der Waals surface area contributed by atoms with Gasteiger partial charge in [0.25, 0.3) is 5.91 Å². The molecule has 1 amide bonds. The molecular formula is C21H22N2O3. The van der Waals surface area contributed by atoms with Crippen LogP contribution in [0.15, 0.2) is 48.5 Å². The summed E-state index contributed by atoms with van der Waals surface area (Å²) in [6.45, 7) is 5.17. The van der Waals surface area contributed by atoms with E-state index in [1.807, 2.05) is 50.2 Å². The smallest absolute Gasteiger partial charge is 0.260 e. The average Bonchev–Trinajstić information content (AvgIpc) is 2.66. The summed E-state index contributed by atoms with van der Waals surface area (Å²) in [5.41, 5.74) is 2.70. The number of rotatable bonds is 4. The lowest BCUT2D eigenvalue weighted by molar-refractivity contribution is -0.145. The van der Waals surface area contributed by atoms with Gasteiger partial charge in [-0.1, -0.05) is 24.3 Å². The number of nitrogens with zero attached hydrogens (tertiary/aromatic N) is 2. The van der Waals surface area contributed by atoms with Crippen molar-refractivity contribution >= 4 is 5.91 Å². The zero-order valence-electron chi connectivity index (χ0n) is 15.0. The summed E-state index contributed by atoms with van der Waals surface area (Å²) in [5, 5.41) is 8.86. The van der Waals surface area contributed by atoms with Crippen molar-refractivity contribution in [1.29, 1.82) is 5.26 Å². The first-order chi connectivity index (χ1) is 12.5. The van der Waals surface area contributed by atoms with Crippen LogP contribution in [0.4, 0.5) is 0 Å². The first-order valence-electron chi connectivity index (χ1n) is 8.72. The predicted octanol–water partition coefficient (Wildman–Crippen LogP) is 3.24. The van der Waals surface area contributed by atoms with Gasteiger partial charge in [-0.15, -0.1) is 0 Å². The van der Waals surface area contributed by atoms with Crippen molar-refractivity contribution in [3.8, 4) is 22.9 Å². The average molecular weight is 350 g/mol. The molecule has 2 atom stereocenters. The SMILES string of the molecule is C[C@@H]1CN(C(=O)COc2ccc(-c3ccc(C#N)cc3)cc2)C[C@@H](C)O1. The number of benzene rings is 2. The summed E-state index contributed by atoms with van der Waals surface area (Å²) in [6, 6.07) is 17.1. The van der Waals surface area contributed by atoms with E-state index in [2.05, 4.69) is 6.07 Å². The van der Waals surface area contributed by atoms with E-state index in [1.165, 1.54) is 0 Å². The molecule has 0 aliphatic carbocycles. The molecule has 5 nitrogen and oxygen atoms in total. The molecule has 0 saturated carbocycles. The predicted molar refractivity (Wildman–Crippen MR) is 98.7 cm³/mol. The van der Waals surface area contributed by atoms with Gasteiger partial charge in [0.1, 0.15) is 5.75 Å². The first kappa shape index (κ1) is 18.0. The lowest BCUT2D eigenvalue weighted by atomic mass is 10.0. The first-order valence-corrected chi connectivity index (χ1v) is 8.72. The Labute approximate surface area is 153 Å². The largest absolute Gasteiger partial charge is 0.484 e. The molecule has 2 aromatic carbocycles. The monoisotopic (exact) mass is 350 g/mol. The van der Waals surface area contributed by atoms with E-state index >= 15 is 0 Å². The maximum absolute atomic E-state index is 12.3. The molecule has 3 rings (SSSR count). The van der Waals surface area contributed by atoms with Crippen LogP contribution in [0.25, 0.3) is 11.1 Å². The van der Waals surface area contributed by atoms with Crippen LogP contribution in [-0.4, -0.2) is 42.7 Å². The van der Waals surface area contributed by atoms with E-state index in [0.29, 0.717) is 24.4 Å². The molecule has 0 bridgehead atoms. The Balaban J connectivity index is 1.57. The topological polar surface area (TPSA) is 62.6 Å². The minimum Gasteiger partial charge on any atom is -0.484 e. The Bertz CT molecular complexity index is 784. The maximum atomic E-state index is 12.3. The van der Waals surface area contributed by atoms with Gasteiger partial charge in [-0.3, -0.25) is 4.79 Å². The highest BCUT2D eigenvalue weighted by molar-refractivity contribution is 5.78. The van der Waals surface area contributed by atoms with E-state index in [-0.39, 0.29) is 24.7 Å². The normalized spacial score (nSPS) is 19.7. The number of morpholine rings is 1. The van der Waals surface area contributed by atoms with Crippen molar-refractivity contribution in [1.82, 2.24) is 4.90 Å². The number of nitriles is 1. The number of carbonyl (C=O) groups is 1. The second-order valence-corrected chi connectivity index (χ2v) is 6.56. The molecule has 1 heterocycles. The molecule has 1 aliphatic rings. The molecule has 1 saturated heterocycles. The fourth-order valence-electron chi connectivity index (χ4n) is 3.10. The third kappa shape index (κ3) is 4.41. The second-order valence-electron chi connectivity index (χ2n) is 6.56. The molecule has 2 aromatic rings. The fourth-order valence-corrected chi connectivity index (χ4v) is 3.10. The molecule has 26 heavy (non-hydrogen) atoms. The minimum absolute atomic E-state index is 0.0235. The number of carbonyl (C=O) groups excluding carboxylic acids is 1. The summed E-state index contributed by atoms with van der Waals surface area (Å²) in [4.78, 5) is 14.1. The van der Waals surface area contributed by atoms with Gasteiger partial charge in [-0.25, -0.2) is 0 Å². The molecule has 134 valence electrons. The van der Waals surface area contributed by atoms with Gasteiger partial charge in [0.2, 0.25) is 0 Å². The third-order valence-corrected chi connectivity index (χ3v) is 4.34. The molecule has 0 unspecified atom stereocenters. The van der Waals surface area contributed by atoms with Gasteiger partial charge in [-0.2, -0.15) is 5.26 Å². The number of ether oxygens (including phenoxy) is 2. The zero-order chi connectivity index (χ0) is 18.5. The van der Waals surface area contributed by atoms with Gasteiger partial charge >= 0.3 is 0 Å². The van der Waals surface area contributed by atoms with Gasteiger partial charge in [-0.05, 0) is 49.2 Å². The van der Waals surface area contributed by atoms with Crippen molar-refractivity contribution in [2.45, 2.75) is 26.1 Å². The van der Waals surface area contributed by atoms with Crippen LogP contribution < -0.4 is 4.74 Å². The van der Waals surface area contributed by atoms with E-state index in [9.17, 15) is 4.79 Å². The van der Waals surface area contributed by atoms with Crippen LogP contribution in [0.3, 0.4) is 0 Å². The molecule has 5 heteroatoms. The fraction of sp³-hybridized carbons (Fsp3) is 0.333. The highest BCUT2D eigenvalue weighted by atomic mass is 16.5.